The molecule has 2 rings (SSSR count). The smallest absolute Gasteiger partial charge is 0.182 e. The Morgan fingerprint density at radius 1 is 0.889 bits per heavy atom. The van der Waals surface area contributed by atoms with Gasteiger partial charge in [-0.3, -0.25) is 0 Å². The Labute approximate surface area is 108 Å². The van der Waals surface area contributed by atoms with E-state index in [1.165, 1.54) is 0 Å². The van der Waals surface area contributed by atoms with Crippen LogP contribution in [0, 0.1) is 0 Å². The molecule has 0 spiro atoms. The number of rotatable bonds is 4. The molecule has 0 saturated carbocycles. The van der Waals surface area contributed by atoms with Crippen molar-refractivity contribution in [3.05, 3.63) is 65.7 Å². The molecular formula is C15H16O2S. The summed E-state index contributed by atoms with van der Waals surface area (Å²) in [7, 11) is -3.26. The average molecular weight is 260 g/mol. The van der Waals surface area contributed by atoms with Gasteiger partial charge in [0.1, 0.15) is 0 Å². The van der Waals surface area contributed by atoms with Crippen LogP contribution in [-0.2, 0) is 22.0 Å². The molecule has 3 heteroatoms. The van der Waals surface area contributed by atoms with Crippen molar-refractivity contribution in [2.24, 2.45) is 0 Å². The fourth-order valence-electron chi connectivity index (χ4n) is 1.97. The van der Waals surface area contributed by atoms with Crippen molar-refractivity contribution in [2.45, 2.75) is 24.0 Å². The Hall–Kier alpha value is -1.61. The van der Waals surface area contributed by atoms with Gasteiger partial charge in [-0.2, -0.15) is 0 Å². The second kappa shape index (κ2) is 5.36. The van der Waals surface area contributed by atoms with Crippen LogP contribution >= 0.6 is 0 Å². The molecule has 18 heavy (non-hydrogen) atoms. The van der Waals surface area contributed by atoms with Gasteiger partial charge >= 0.3 is 0 Å². The molecule has 0 aromatic heterocycles. The van der Waals surface area contributed by atoms with E-state index in [-0.39, 0.29) is 5.75 Å². The molecule has 0 radical (unpaired) electrons. The molecule has 0 aliphatic heterocycles. The highest BCUT2D eigenvalue weighted by atomic mass is 32.2. The maximum absolute atomic E-state index is 12.4. The zero-order chi connectivity index (χ0) is 13.0. The minimum absolute atomic E-state index is 0.0604. The highest BCUT2D eigenvalue weighted by Crippen LogP contribution is 2.20. The summed E-state index contributed by atoms with van der Waals surface area (Å²) in [5.41, 5.74) is 1.71. The van der Waals surface area contributed by atoms with E-state index in [1.807, 2.05) is 49.4 Å². The van der Waals surface area contributed by atoms with Crippen LogP contribution in [0.5, 0.6) is 0 Å². The van der Waals surface area contributed by atoms with Gasteiger partial charge in [-0.05, 0) is 23.6 Å². The quantitative estimate of drug-likeness (QED) is 0.846. The monoisotopic (exact) mass is 260 g/mol. The summed E-state index contributed by atoms with van der Waals surface area (Å²) in [6.07, 6.45) is 0.726. The normalized spacial score (nSPS) is 11.4. The Morgan fingerprint density at radius 2 is 1.50 bits per heavy atom. The molecule has 0 bridgehead atoms. The zero-order valence-electron chi connectivity index (χ0n) is 10.3. The summed E-state index contributed by atoms with van der Waals surface area (Å²) >= 11 is 0. The van der Waals surface area contributed by atoms with Gasteiger partial charge in [0, 0.05) is 0 Å². The first-order valence-corrected chi connectivity index (χ1v) is 7.63. The van der Waals surface area contributed by atoms with E-state index in [4.69, 9.17) is 0 Å². The molecule has 0 unspecified atom stereocenters. The van der Waals surface area contributed by atoms with Crippen molar-refractivity contribution in [1.82, 2.24) is 0 Å². The molecule has 2 nitrogen and oxygen atoms in total. The first-order valence-electron chi connectivity index (χ1n) is 5.98. The van der Waals surface area contributed by atoms with Crippen molar-refractivity contribution in [3.63, 3.8) is 0 Å². The lowest BCUT2D eigenvalue weighted by Gasteiger charge is -2.09. The lowest BCUT2D eigenvalue weighted by atomic mass is 10.2. The first-order chi connectivity index (χ1) is 8.63. The second-order valence-electron chi connectivity index (χ2n) is 4.21. The summed E-state index contributed by atoms with van der Waals surface area (Å²) < 4.78 is 24.8. The third kappa shape index (κ3) is 2.79. The van der Waals surface area contributed by atoms with E-state index < -0.39 is 9.84 Å². The van der Waals surface area contributed by atoms with Crippen molar-refractivity contribution in [1.29, 1.82) is 0 Å². The lowest BCUT2D eigenvalue weighted by molar-refractivity contribution is 0.594. The van der Waals surface area contributed by atoms with Gasteiger partial charge in [0.2, 0.25) is 0 Å². The van der Waals surface area contributed by atoms with E-state index in [2.05, 4.69) is 0 Å². The maximum atomic E-state index is 12.4. The van der Waals surface area contributed by atoms with Crippen LogP contribution in [0.25, 0.3) is 0 Å². The lowest BCUT2D eigenvalue weighted by Crippen LogP contribution is -2.07. The van der Waals surface area contributed by atoms with E-state index in [1.54, 1.807) is 12.1 Å². The fourth-order valence-corrected chi connectivity index (χ4v) is 3.66. The van der Waals surface area contributed by atoms with Crippen LogP contribution in [-0.4, -0.2) is 8.42 Å². The van der Waals surface area contributed by atoms with Crippen LogP contribution in [0.15, 0.2) is 59.5 Å². The minimum atomic E-state index is -3.26. The van der Waals surface area contributed by atoms with E-state index in [0.29, 0.717) is 4.90 Å². The highest BCUT2D eigenvalue weighted by molar-refractivity contribution is 7.90. The molecule has 0 heterocycles. The van der Waals surface area contributed by atoms with Crippen molar-refractivity contribution >= 4 is 9.84 Å². The van der Waals surface area contributed by atoms with Crippen LogP contribution in [0.1, 0.15) is 18.1 Å². The van der Waals surface area contributed by atoms with Gasteiger partial charge < -0.3 is 0 Å². The first kappa shape index (κ1) is 12.8. The van der Waals surface area contributed by atoms with E-state index in [9.17, 15) is 8.42 Å². The summed E-state index contributed by atoms with van der Waals surface area (Å²) in [5.74, 6) is 0.0604. The minimum Gasteiger partial charge on any atom is -0.223 e. The molecule has 0 aliphatic carbocycles. The zero-order valence-corrected chi connectivity index (χ0v) is 11.2. The van der Waals surface area contributed by atoms with Crippen LogP contribution in [0.2, 0.25) is 0 Å². The van der Waals surface area contributed by atoms with E-state index >= 15 is 0 Å². The molecule has 0 saturated heterocycles. The standard InChI is InChI=1S/C15H16O2S/c1-2-14-10-6-7-11-15(14)18(16,17)12-13-8-4-3-5-9-13/h3-11H,2,12H2,1H3. The topological polar surface area (TPSA) is 34.1 Å². The van der Waals surface area contributed by atoms with Gasteiger partial charge in [-0.1, -0.05) is 55.5 Å². The third-order valence-corrected chi connectivity index (χ3v) is 4.67. The molecule has 0 fully saturated rings. The molecule has 2 aromatic carbocycles. The molecule has 94 valence electrons. The predicted octanol–water partition coefficient (Wildman–Crippen LogP) is 3.22. The molecular weight excluding hydrogens is 244 g/mol. The number of sulfone groups is 1. The van der Waals surface area contributed by atoms with Gasteiger partial charge in [0.25, 0.3) is 0 Å². The number of hydrogen-bond donors (Lipinski definition) is 0. The summed E-state index contributed by atoms with van der Waals surface area (Å²) in [6.45, 7) is 1.97. The van der Waals surface area contributed by atoms with Gasteiger partial charge in [0.05, 0.1) is 10.6 Å². The Bertz CT molecular complexity index is 616. The van der Waals surface area contributed by atoms with Crippen LogP contribution in [0.4, 0.5) is 0 Å². The molecule has 0 atom stereocenters. The van der Waals surface area contributed by atoms with Crippen molar-refractivity contribution in [2.75, 3.05) is 0 Å². The predicted molar refractivity (Wildman–Crippen MR) is 73.2 cm³/mol. The Balaban J connectivity index is 2.37. The summed E-state index contributed by atoms with van der Waals surface area (Å²) in [4.78, 5) is 0.455. The molecule has 0 N–H and O–H groups in total. The highest BCUT2D eigenvalue weighted by Gasteiger charge is 2.17. The average Bonchev–Trinajstić information content (AvgIpc) is 2.39. The summed E-state index contributed by atoms with van der Waals surface area (Å²) in [5, 5.41) is 0. The van der Waals surface area contributed by atoms with Crippen molar-refractivity contribution < 1.29 is 8.42 Å². The molecule has 0 amide bonds. The van der Waals surface area contributed by atoms with Gasteiger partial charge in [-0.25, -0.2) is 8.42 Å². The second-order valence-corrected chi connectivity index (χ2v) is 6.16. The maximum Gasteiger partial charge on any atom is 0.182 e. The Morgan fingerprint density at radius 3 is 2.17 bits per heavy atom. The third-order valence-electron chi connectivity index (χ3n) is 2.89. The number of benzene rings is 2. The van der Waals surface area contributed by atoms with Crippen LogP contribution in [0.3, 0.4) is 0 Å². The number of aryl methyl sites for hydroxylation is 1. The van der Waals surface area contributed by atoms with Crippen LogP contribution < -0.4 is 0 Å². The summed E-state index contributed by atoms with van der Waals surface area (Å²) in [6, 6.07) is 16.5. The van der Waals surface area contributed by atoms with E-state index in [0.717, 1.165) is 17.5 Å². The van der Waals surface area contributed by atoms with Gasteiger partial charge in [-0.15, -0.1) is 0 Å². The largest absolute Gasteiger partial charge is 0.223 e. The molecule has 2 aromatic rings. The van der Waals surface area contributed by atoms with Crippen molar-refractivity contribution in [3.8, 4) is 0 Å². The number of hydrogen-bond acceptors (Lipinski definition) is 2. The fraction of sp³-hybridized carbons (Fsp3) is 0.200. The molecule has 0 aliphatic rings. The van der Waals surface area contributed by atoms with Gasteiger partial charge in [0.15, 0.2) is 9.84 Å². The SMILES string of the molecule is CCc1ccccc1S(=O)(=O)Cc1ccccc1. The Kier molecular flexibility index (Phi) is 3.82.